The topological polar surface area (TPSA) is 72.2 Å². The van der Waals surface area contributed by atoms with Crippen LogP contribution in [0.4, 0.5) is 0 Å². The molecule has 0 bridgehead atoms. The molecule has 0 aliphatic rings. The van der Waals surface area contributed by atoms with Crippen molar-refractivity contribution in [3.63, 3.8) is 0 Å². The lowest BCUT2D eigenvalue weighted by Crippen LogP contribution is -2.17. The summed E-state index contributed by atoms with van der Waals surface area (Å²) in [6.45, 7) is 3.44. The molecule has 1 heterocycles. The van der Waals surface area contributed by atoms with Crippen molar-refractivity contribution in [2.24, 2.45) is 0 Å². The Morgan fingerprint density at radius 2 is 1.83 bits per heavy atom. The number of carboxylic acids is 1. The number of aromatic nitrogens is 2. The molecule has 3 rings (SSSR count). The van der Waals surface area contributed by atoms with Crippen LogP contribution in [0.25, 0.3) is 10.9 Å². The third-order valence-electron chi connectivity index (χ3n) is 3.91. The number of aliphatic carboxylic acids is 1. The van der Waals surface area contributed by atoms with E-state index < -0.39 is 12.0 Å². The molecule has 0 aliphatic heterocycles. The smallest absolute Gasteiger partial charge is 0.328 e. The number of hydrogen-bond donors (Lipinski definition) is 1. The number of fused-ring (bicyclic) bond motifs is 1. The minimum Gasteiger partial charge on any atom is -0.480 e. The van der Waals surface area contributed by atoms with Gasteiger partial charge in [0.05, 0.1) is 5.52 Å². The normalized spacial score (nSPS) is 12.3. The summed E-state index contributed by atoms with van der Waals surface area (Å²) in [7, 11) is 0. The van der Waals surface area contributed by atoms with E-state index >= 15 is 0 Å². The van der Waals surface area contributed by atoms with Crippen molar-refractivity contribution in [1.29, 1.82) is 0 Å². The zero-order valence-corrected chi connectivity index (χ0v) is 13.9. The van der Waals surface area contributed by atoms with Gasteiger partial charge < -0.3 is 5.11 Å². The predicted molar refractivity (Wildman–Crippen MR) is 91.7 cm³/mol. The molecule has 3 aromatic rings. The van der Waals surface area contributed by atoms with E-state index in [1.54, 1.807) is 30.3 Å². The second-order valence-corrected chi connectivity index (χ2v) is 6.10. The number of carboxylic acid groups (broad SMARTS) is 1. The molecule has 0 fully saturated rings. The number of hydrogen-bond acceptors (Lipinski definition) is 3. The highest BCUT2D eigenvalue weighted by Gasteiger charge is 2.23. The highest BCUT2D eigenvalue weighted by Crippen LogP contribution is 2.25. The Hall–Kier alpha value is -2.66. The highest BCUT2D eigenvalue weighted by atomic mass is 35.5. The van der Waals surface area contributed by atoms with Gasteiger partial charge in [0.15, 0.2) is 0 Å². The highest BCUT2D eigenvalue weighted by molar-refractivity contribution is 6.30. The Kier molecular flexibility index (Phi) is 4.11. The molecule has 0 radical (unpaired) electrons. The first-order chi connectivity index (χ1) is 11.4. The third kappa shape index (κ3) is 2.78. The van der Waals surface area contributed by atoms with Crippen molar-refractivity contribution >= 4 is 34.3 Å². The summed E-state index contributed by atoms with van der Waals surface area (Å²) in [4.78, 5) is 24.2. The molecular formula is C18H15ClN2O3. The van der Waals surface area contributed by atoms with Gasteiger partial charge in [0.1, 0.15) is 11.7 Å². The number of nitrogens with zero attached hydrogens (tertiary/aromatic N) is 2. The molecule has 0 amide bonds. The van der Waals surface area contributed by atoms with Gasteiger partial charge in [0, 0.05) is 16.0 Å². The van der Waals surface area contributed by atoms with Crippen LogP contribution in [0.1, 0.15) is 34.6 Å². The summed E-state index contributed by atoms with van der Waals surface area (Å²) < 4.78 is 1.38. The Morgan fingerprint density at radius 1 is 1.17 bits per heavy atom. The summed E-state index contributed by atoms with van der Waals surface area (Å²) in [6, 6.07) is 11.2. The van der Waals surface area contributed by atoms with Crippen molar-refractivity contribution in [3.8, 4) is 0 Å². The van der Waals surface area contributed by atoms with Crippen LogP contribution >= 0.6 is 11.6 Å². The Morgan fingerprint density at radius 3 is 2.46 bits per heavy atom. The van der Waals surface area contributed by atoms with E-state index in [4.69, 9.17) is 11.6 Å². The van der Waals surface area contributed by atoms with E-state index in [2.05, 4.69) is 5.10 Å². The summed E-state index contributed by atoms with van der Waals surface area (Å²) in [5.41, 5.74) is 2.28. The predicted octanol–water partition coefficient (Wildman–Crippen LogP) is 3.87. The van der Waals surface area contributed by atoms with E-state index in [-0.39, 0.29) is 11.5 Å². The minimum atomic E-state index is -1.01. The first-order valence-corrected chi connectivity index (χ1v) is 7.78. The second-order valence-electron chi connectivity index (χ2n) is 5.66. The first kappa shape index (κ1) is 16.2. The maximum Gasteiger partial charge on any atom is 0.328 e. The van der Waals surface area contributed by atoms with Gasteiger partial charge in [-0.25, -0.2) is 4.79 Å². The summed E-state index contributed by atoms with van der Waals surface area (Å²) >= 11 is 5.86. The standard InChI is InChI=1S/C18H15ClN2O3/c1-10-3-8-14-15(9-10)21(11(2)18(23)24)20-16(14)17(22)12-4-6-13(19)7-5-12/h3-9,11H,1-2H3,(H,23,24). The van der Waals surface area contributed by atoms with Crippen LogP contribution in [-0.2, 0) is 4.79 Å². The Balaban J connectivity index is 2.19. The fourth-order valence-electron chi connectivity index (χ4n) is 2.55. The van der Waals surface area contributed by atoms with Gasteiger partial charge in [0.25, 0.3) is 0 Å². The van der Waals surface area contributed by atoms with Crippen LogP contribution in [0.15, 0.2) is 42.5 Å². The van der Waals surface area contributed by atoms with Crippen LogP contribution in [0.3, 0.4) is 0 Å². The van der Waals surface area contributed by atoms with Gasteiger partial charge in [-0.3, -0.25) is 9.48 Å². The SMILES string of the molecule is Cc1ccc2c(C(=O)c3ccc(Cl)cc3)nn(C(C)C(=O)O)c2c1. The number of rotatable bonds is 4. The van der Waals surface area contributed by atoms with Crippen molar-refractivity contribution in [2.75, 3.05) is 0 Å². The number of ketones is 1. The molecule has 1 aromatic heterocycles. The number of carbonyl (C=O) groups is 2. The Bertz CT molecular complexity index is 945. The molecule has 1 atom stereocenters. The average Bonchev–Trinajstić information content (AvgIpc) is 2.92. The molecule has 0 saturated heterocycles. The van der Waals surface area contributed by atoms with Crippen molar-refractivity contribution in [2.45, 2.75) is 19.9 Å². The van der Waals surface area contributed by atoms with Crippen LogP contribution in [-0.4, -0.2) is 26.6 Å². The Labute approximate surface area is 143 Å². The van der Waals surface area contributed by atoms with E-state index in [1.165, 1.54) is 11.6 Å². The van der Waals surface area contributed by atoms with Crippen LogP contribution in [0, 0.1) is 6.92 Å². The zero-order chi connectivity index (χ0) is 17.4. The second kappa shape index (κ2) is 6.09. The summed E-state index contributed by atoms with van der Waals surface area (Å²) in [6.07, 6.45) is 0. The third-order valence-corrected chi connectivity index (χ3v) is 4.16. The molecule has 1 N–H and O–H groups in total. The fourth-order valence-corrected chi connectivity index (χ4v) is 2.68. The lowest BCUT2D eigenvalue weighted by Gasteiger charge is -2.08. The molecule has 0 aliphatic carbocycles. The monoisotopic (exact) mass is 342 g/mol. The zero-order valence-electron chi connectivity index (χ0n) is 13.2. The minimum absolute atomic E-state index is 0.237. The number of benzene rings is 2. The van der Waals surface area contributed by atoms with Gasteiger partial charge in [-0.15, -0.1) is 0 Å². The summed E-state index contributed by atoms with van der Waals surface area (Å²) in [5.74, 6) is -1.27. The van der Waals surface area contributed by atoms with Crippen LogP contribution in [0.2, 0.25) is 5.02 Å². The van der Waals surface area contributed by atoms with E-state index in [1.807, 2.05) is 19.1 Å². The quantitative estimate of drug-likeness (QED) is 0.730. The van der Waals surface area contributed by atoms with Crippen molar-refractivity contribution < 1.29 is 14.7 Å². The molecule has 0 spiro atoms. The number of aryl methyl sites for hydroxylation is 1. The van der Waals surface area contributed by atoms with E-state index in [9.17, 15) is 14.7 Å². The first-order valence-electron chi connectivity index (χ1n) is 7.40. The molecule has 5 nitrogen and oxygen atoms in total. The molecular weight excluding hydrogens is 328 g/mol. The lowest BCUT2D eigenvalue weighted by atomic mass is 10.0. The fraction of sp³-hybridized carbons (Fsp3) is 0.167. The number of carbonyl (C=O) groups excluding carboxylic acids is 1. The van der Waals surface area contributed by atoms with Gasteiger partial charge >= 0.3 is 5.97 Å². The maximum atomic E-state index is 12.8. The van der Waals surface area contributed by atoms with Gasteiger partial charge in [-0.1, -0.05) is 23.7 Å². The van der Waals surface area contributed by atoms with E-state index in [0.29, 0.717) is 21.5 Å². The largest absolute Gasteiger partial charge is 0.480 e. The molecule has 24 heavy (non-hydrogen) atoms. The molecule has 1 unspecified atom stereocenters. The average molecular weight is 343 g/mol. The molecule has 2 aromatic carbocycles. The molecule has 122 valence electrons. The van der Waals surface area contributed by atoms with Gasteiger partial charge in [-0.2, -0.15) is 5.10 Å². The molecule has 0 saturated carbocycles. The summed E-state index contributed by atoms with van der Waals surface area (Å²) in [5, 5.41) is 14.8. The van der Waals surface area contributed by atoms with Gasteiger partial charge in [-0.05, 0) is 49.7 Å². The van der Waals surface area contributed by atoms with E-state index in [0.717, 1.165) is 5.56 Å². The lowest BCUT2D eigenvalue weighted by molar-refractivity contribution is -0.140. The van der Waals surface area contributed by atoms with Crippen molar-refractivity contribution in [1.82, 2.24) is 9.78 Å². The van der Waals surface area contributed by atoms with Crippen LogP contribution < -0.4 is 0 Å². The van der Waals surface area contributed by atoms with Gasteiger partial charge in [0.2, 0.25) is 5.78 Å². The van der Waals surface area contributed by atoms with Crippen molar-refractivity contribution in [3.05, 3.63) is 64.3 Å². The molecule has 6 heteroatoms. The number of halogens is 1. The maximum absolute atomic E-state index is 12.8. The van der Waals surface area contributed by atoms with Crippen LogP contribution in [0.5, 0.6) is 0 Å².